The summed E-state index contributed by atoms with van der Waals surface area (Å²) >= 11 is 0. The fourth-order valence-corrected chi connectivity index (χ4v) is 1.76. The highest BCUT2D eigenvalue weighted by Crippen LogP contribution is 2.16. The van der Waals surface area contributed by atoms with Crippen molar-refractivity contribution in [3.8, 4) is 0 Å². The minimum absolute atomic E-state index is 0.211. The average Bonchev–Trinajstić information content (AvgIpc) is 2.11. The van der Waals surface area contributed by atoms with Crippen LogP contribution in [0.3, 0.4) is 0 Å². The number of carbonyl (C=O) groups is 1. The second kappa shape index (κ2) is 5.19. The molecule has 3 N–H and O–H groups in total. The minimum atomic E-state index is -1.25. The molecule has 0 saturated heterocycles. The van der Waals surface area contributed by atoms with Crippen molar-refractivity contribution in [1.82, 2.24) is 0 Å². The normalized spacial score (nSPS) is 14.1. The molecular formula is C13H19NO3. The number of nitrogens with one attached hydrogen (secondary N) is 1. The Kier molecular flexibility index (Phi) is 4.12. The maximum Gasteiger partial charge on any atom is 0.306 e. The van der Waals surface area contributed by atoms with Crippen molar-refractivity contribution in [1.29, 1.82) is 0 Å². The first kappa shape index (κ1) is 13.5. The van der Waals surface area contributed by atoms with E-state index in [-0.39, 0.29) is 13.0 Å². The Morgan fingerprint density at radius 1 is 1.29 bits per heavy atom. The van der Waals surface area contributed by atoms with Crippen molar-refractivity contribution in [2.75, 3.05) is 11.9 Å². The molecule has 4 heteroatoms. The second-order valence-electron chi connectivity index (χ2n) is 4.80. The molecule has 0 fully saturated rings. The molecule has 0 spiro atoms. The molecule has 0 aliphatic rings. The lowest BCUT2D eigenvalue weighted by atomic mass is 10.0. The zero-order valence-electron chi connectivity index (χ0n) is 10.4. The van der Waals surface area contributed by atoms with Crippen LogP contribution in [0.25, 0.3) is 0 Å². The fourth-order valence-electron chi connectivity index (χ4n) is 1.76. The first-order valence-corrected chi connectivity index (χ1v) is 5.55. The molecule has 0 radical (unpaired) electrons. The maximum atomic E-state index is 10.5. The summed E-state index contributed by atoms with van der Waals surface area (Å²) in [5.41, 5.74) is 1.91. The number of aliphatic carboxylic acids is 1. The third kappa shape index (κ3) is 4.87. The number of anilines is 1. The van der Waals surface area contributed by atoms with Gasteiger partial charge in [-0.05, 0) is 44.0 Å². The number of hydrogen-bond acceptors (Lipinski definition) is 3. The molecular weight excluding hydrogens is 218 g/mol. The molecule has 0 amide bonds. The number of hydrogen-bond donors (Lipinski definition) is 3. The van der Waals surface area contributed by atoms with Gasteiger partial charge in [0.05, 0.1) is 12.0 Å². The van der Waals surface area contributed by atoms with Crippen LogP contribution < -0.4 is 5.32 Å². The molecule has 0 bridgehead atoms. The first-order valence-electron chi connectivity index (χ1n) is 5.55. The van der Waals surface area contributed by atoms with E-state index in [1.165, 1.54) is 6.92 Å². The van der Waals surface area contributed by atoms with Gasteiger partial charge in [0, 0.05) is 12.2 Å². The lowest BCUT2D eigenvalue weighted by molar-refractivity contribution is -0.141. The Labute approximate surface area is 101 Å². The van der Waals surface area contributed by atoms with Gasteiger partial charge in [-0.1, -0.05) is 6.07 Å². The number of carboxylic acids is 1. The van der Waals surface area contributed by atoms with Crippen LogP contribution in [0.15, 0.2) is 18.2 Å². The summed E-state index contributed by atoms with van der Waals surface area (Å²) in [6.07, 6.45) is -0.273. The lowest BCUT2D eigenvalue weighted by Crippen LogP contribution is -2.35. The molecule has 0 saturated carbocycles. The first-order chi connectivity index (χ1) is 7.78. The van der Waals surface area contributed by atoms with Crippen LogP contribution in [0.4, 0.5) is 5.69 Å². The minimum Gasteiger partial charge on any atom is -0.481 e. The van der Waals surface area contributed by atoms with Gasteiger partial charge >= 0.3 is 5.97 Å². The third-order valence-corrected chi connectivity index (χ3v) is 2.43. The number of rotatable bonds is 5. The van der Waals surface area contributed by atoms with Gasteiger partial charge in [0.2, 0.25) is 0 Å². The van der Waals surface area contributed by atoms with Crippen LogP contribution >= 0.6 is 0 Å². The molecule has 1 aromatic rings. The highest BCUT2D eigenvalue weighted by atomic mass is 16.4. The summed E-state index contributed by atoms with van der Waals surface area (Å²) < 4.78 is 0. The zero-order chi connectivity index (χ0) is 13.1. The molecule has 1 unspecified atom stereocenters. The van der Waals surface area contributed by atoms with E-state index in [4.69, 9.17) is 5.11 Å². The Bertz CT molecular complexity index is 393. The van der Waals surface area contributed by atoms with Crippen LogP contribution in [0.5, 0.6) is 0 Å². The highest BCUT2D eigenvalue weighted by molar-refractivity contribution is 5.68. The van der Waals surface area contributed by atoms with Gasteiger partial charge in [0.15, 0.2) is 0 Å². The fraction of sp³-hybridized carbons (Fsp3) is 0.462. The van der Waals surface area contributed by atoms with Gasteiger partial charge < -0.3 is 15.5 Å². The molecule has 1 aromatic carbocycles. The average molecular weight is 237 g/mol. The van der Waals surface area contributed by atoms with Crippen LogP contribution in [-0.2, 0) is 4.79 Å². The topological polar surface area (TPSA) is 69.6 Å². The van der Waals surface area contributed by atoms with E-state index in [0.29, 0.717) is 0 Å². The molecule has 0 heterocycles. The molecule has 1 rings (SSSR count). The molecule has 0 aliphatic carbocycles. The number of benzene rings is 1. The molecule has 4 nitrogen and oxygen atoms in total. The van der Waals surface area contributed by atoms with E-state index < -0.39 is 11.6 Å². The van der Waals surface area contributed by atoms with Crippen molar-refractivity contribution in [2.45, 2.75) is 32.8 Å². The Morgan fingerprint density at radius 3 is 2.29 bits per heavy atom. The maximum absolute atomic E-state index is 10.5. The largest absolute Gasteiger partial charge is 0.481 e. The van der Waals surface area contributed by atoms with E-state index in [1.54, 1.807) is 0 Å². The SMILES string of the molecule is Cc1cc(C)cc(NCC(C)(O)CC(=O)O)c1. The Balaban J connectivity index is 2.63. The van der Waals surface area contributed by atoms with Crippen LogP contribution in [0, 0.1) is 13.8 Å². The van der Waals surface area contributed by atoms with Gasteiger partial charge in [-0.25, -0.2) is 0 Å². The van der Waals surface area contributed by atoms with Crippen molar-refractivity contribution in [3.05, 3.63) is 29.3 Å². The molecule has 94 valence electrons. The van der Waals surface area contributed by atoms with Crippen molar-refractivity contribution >= 4 is 11.7 Å². The standard InChI is InChI=1S/C13H19NO3/c1-9-4-10(2)6-11(5-9)14-8-13(3,17)7-12(15)16/h4-6,14,17H,7-8H2,1-3H3,(H,15,16). The quantitative estimate of drug-likeness (QED) is 0.732. The number of aliphatic hydroxyl groups is 1. The highest BCUT2D eigenvalue weighted by Gasteiger charge is 2.23. The molecule has 1 atom stereocenters. The summed E-state index contributed by atoms with van der Waals surface area (Å²) in [4.78, 5) is 10.5. The summed E-state index contributed by atoms with van der Waals surface area (Å²) in [6.45, 7) is 5.71. The predicted molar refractivity (Wildman–Crippen MR) is 67.3 cm³/mol. The van der Waals surface area contributed by atoms with Crippen molar-refractivity contribution in [3.63, 3.8) is 0 Å². The molecule has 0 aromatic heterocycles. The van der Waals surface area contributed by atoms with Gasteiger partial charge in [-0.2, -0.15) is 0 Å². The van der Waals surface area contributed by atoms with Crippen molar-refractivity contribution in [2.24, 2.45) is 0 Å². The number of carboxylic acid groups (broad SMARTS) is 1. The lowest BCUT2D eigenvalue weighted by Gasteiger charge is -2.22. The Hall–Kier alpha value is -1.55. The third-order valence-electron chi connectivity index (χ3n) is 2.43. The molecule has 17 heavy (non-hydrogen) atoms. The van der Waals surface area contributed by atoms with Gasteiger partial charge in [0.1, 0.15) is 0 Å². The monoisotopic (exact) mass is 237 g/mol. The van der Waals surface area contributed by atoms with Crippen molar-refractivity contribution < 1.29 is 15.0 Å². The van der Waals surface area contributed by atoms with E-state index in [0.717, 1.165) is 16.8 Å². The summed E-state index contributed by atoms with van der Waals surface area (Å²) in [5, 5.41) is 21.5. The van der Waals surface area contributed by atoms with E-state index in [2.05, 4.69) is 11.4 Å². The van der Waals surface area contributed by atoms with Crippen LogP contribution in [0.1, 0.15) is 24.5 Å². The van der Waals surface area contributed by atoms with Gasteiger partial charge in [-0.15, -0.1) is 0 Å². The van der Waals surface area contributed by atoms with Crippen LogP contribution in [-0.4, -0.2) is 28.3 Å². The van der Waals surface area contributed by atoms with E-state index in [1.807, 2.05) is 26.0 Å². The number of aryl methyl sites for hydroxylation is 2. The zero-order valence-corrected chi connectivity index (χ0v) is 10.4. The van der Waals surface area contributed by atoms with Gasteiger partial charge in [0.25, 0.3) is 0 Å². The summed E-state index contributed by atoms with van der Waals surface area (Å²) in [7, 11) is 0. The van der Waals surface area contributed by atoms with Gasteiger partial charge in [-0.3, -0.25) is 4.79 Å². The Morgan fingerprint density at radius 2 is 1.82 bits per heavy atom. The smallest absolute Gasteiger partial charge is 0.306 e. The summed E-state index contributed by atoms with van der Waals surface area (Å²) in [6, 6.07) is 5.98. The second-order valence-corrected chi connectivity index (χ2v) is 4.80. The van der Waals surface area contributed by atoms with E-state index in [9.17, 15) is 9.90 Å². The molecule has 0 aliphatic heterocycles. The van der Waals surface area contributed by atoms with Crippen LogP contribution in [0.2, 0.25) is 0 Å². The summed E-state index contributed by atoms with van der Waals surface area (Å²) in [5.74, 6) is -1.00. The predicted octanol–water partition coefficient (Wildman–Crippen LogP) is 1.94. The van der Waals surface area contributed by atoms with E-state index >= 15 is 0 Å².